The highest BCUT2D eigenvalue weighted by Crippen LogP contribution is 2.25. The first-order chi connectivity index (χ1) is 10.8. The summed E-state index contributed by atoms with van der Waals surface area (Å²) in [6, 6.07) is 11.5. The van der Waals surface area contributed by atoms with Crippen molar-refractivity contribution >= 4 is 39.4 Å². The second-order valence-electron chi connectivity index (χ2n) is 4.36. The van der Waals surface area contributed by atoms with Crippen molar-refractivity contribution in [2.75, 3.05) is 0 Å². The van der Waals surface area contributed by atoms with Crippen LogP contribution in [0, 0.1) is 0 Å². The van der Waals surface area contributed by atoms with Crippen LogP contribution in [0.3, 0.4) is 0 Å². The number of nitrogens with one attached hydrogen (secondary N) is 2. The molecule has 110 valence electrons. The topological polar surface area (TPSA) is 70.1 Å². The fraction of sp³-hybridized carbons (Fsp3) is 0. The van der Waals surface area contributed by atoms with E-state index in [1.54, 1.807) is 6.21 Å². The lowest BCUT2D eigenvalue weighted by atomic mass is 10.2. The Morgan fingerprint density at radius 1 is 1.32 bits per heavy atom. The lowest BCUT2D eigenvalue weighted by Crippen LogP contribution is -2.17. The molecule has 0 bridgehead atoms. The number of hydrogen-bond donors (Lipinski definition) is 2. The number of carbonyl (C=O) groups is 1. The highest BCUT2D eigenvalue weighted by Gasteiger charge is 2.15. The molecule has 0 spiro atoms. The van der Waals surface area contributed by atoms with Crippen molar-refractivity contribution in [3.63, 3.8) is 0 Å². The van der Waals surface area contributed by atoms with Gasteiger partial charge in [-0.2, -0.15) is 10.2 Å². The standard InChI is InChI=1S/C15H11BrN4OS/c16-12-5-2-1-4-10(12)8-17-20-15(21)11-9-18-19-14(11)13-6-3-7-22-13/h1-9H,(H,18,19)(H,20,21)/b17-8+. The summed E-state index contributed by atoms with van der Waals surface area (Å²) in [5, 5.41) is 12.7. The van der Waals surface area contributed by atoms with Gasteiger partial charge in [0.1, 0.15) is 0 Å². The molecule has 3 aromatic rings. The first kappa shape index (κ1) is 14.7. The number of H-pyrrole nitrogens is 1. The van der Waals surface area contributed by atoms with Crippen LogP contribution < -0.4 is 5.43 Å². The van der Waals surface area contributed by atoms with E-state index in [0.717, 1.165) is 14.9 Å². The SMILES string of the molecule is O=C(N/N=C/c1ccccc1Br)c1cn[nH]c1-c1cccs1. The van der Waals surface area contributed by atoms with Crippen LogP contribution in [0.15, 0.2) is 57.5 Å². The van der Waals surface area contributed by atoms with Gasteiger partial charge in [0.05, 0.1) is 28.5 Å². The van der Waals surface area contributed by atoms with Crippen molar-refractivity contribution in [3.8, 4) is 10.6 Å². The van der Waals surface area contributed by atoms with E-state index in [4.69, 9.17) is 0 Å². The molecule has 0 unspecified atom stereocenters. The number of aromatic nitrogens is 2. The number of rotatable bonds is 4. The molecule has 0 saturated heterocycles. The van der Waals surface area contributed by atoms with Crippen molar-refractivity contribution in [1.82, 2.24) is 15.6 Å². The van der Waals surface area contributed by atoms with E-state index < -0.39 is 0 Å². The molecule has 0 atom stereocenters. The maximum atomic E-state index is 12.2. The molecule has 0 aliphatic carbocycles. The van der Waals surface area contributed by atoms with Gasteiger partial charge in [-0.05, 0) is 17.5 Å². The predicted molar refractivity (Wildman–Crippen MR) is 91.1 cm³/mol. The summed E-state index contributed by atoms with van der Waals surface area (Å²) in [6.07, 6.45) is 3.09. The van der Waals surface area contributed by atoms with Gasteiger partial charge in [-0.1, -0.05) is 40.2 Å². The van der Waals surface area contributed by atoms with Crippen LogP contribution in [0.25, 0.3) is 10.6 Å². The van der Waals surface area contributed by atoms with Gasteiger partial charge >= 0.3 is 0 Å². The Bertz CT molecular complexity index is 811. The number of carbonyl (C=O) groups excluding carboxylic acids is 1. The zero-order valence-corrected chi connectivity index (χ0v) is 13.7. The lowest BCUT2D eigenvalue weighted by Gasteiger charge is -2.00. The van der Waals surface area contributed by atoms with Gasteiger partial charge in [0.15, 0.2) is 0 Å². The van der Waals surface area contributed by atoms with Crippen LogP contribution in [-0.4, -0.2) is 22.3 Å². The quantitative estimate of drug-likeness (QED) is 0.540. The fourth-order valence-electron chi connectivity index (χ4n) is 1.87. The number of hydrazone groups is 1. The molecule has 7 heteroatoms. The van der Waals surface area contributed by atoms with E-state index in [9.17, 15) is 4.79 Å². The van der Waals surface area contributed by atoms with Crippen LogP contribution in [0.5, 0.6) is 0 Å². The fourth-order valence-corrected chi connectivity index (χ4v) is 2.99. The number of amides is 1. The molecule has 2 N–H and O–H groups in total. The molecule has 5 nitrogen and oxygen atoms in total. The number of thiophene rings is 1. The Labute approximate surface area is 139 Å². The van der Waals surface area contributed by atoms with Gasteiger partial charge in [0, 0.05) is 10.0 Å². The van der Waals surface area contributed by atoms with Crippen LogP contribution in [0.4, 0.5) is 0 Å². The summed E-state index contributed by atoms with van der Waals surface area (Å²) in [6.45, 7) is 0. The maximum Gasteiger partial charge on any atom is 0.275 e. The summed E-state index contributed by atoms with van der Waals surface area (Å²) in [7, 11) is 0. The van der Waals surface area contributed by atoms with Gasteiger partial charge in [-0.3, -0.25) is 9.89 Å². The average Bonchev–Trinajstić information content (AvgIpc) is 3.19. The molecule has 1 amide bonds. The predicted octanol–water partition coefficient (Wildman–Crippen LogP) is 3.66. The Morgan fingerprint density at radius 2 is 2.18 bits per heavy atom. The first-order valence-electron chi connectivity index (χ1n) is 6.41. The Morgan fingerprint density at radius 3 is 2.95 bits per heavy atom. The molecule has 0 fully saturated rings. The largest absolute Gasteiger partial charge is 0.276 e. The highest BCUT2D eigenvalue weighted by atomic mass is 79.9. The molecule has 2 heterocycles. The number of aromatic amines is 1. The second-order valence-corrected chi connectivity index (χ2v) is 6.16. The Kier molecular flexibility index (Phi) is 4.45. The lowest BCUT2D eigenvalue weighted by molar-refractivity contribution is 0.0956. The Balaban J connectivity index is 1.74. The van der Waals surface area contributed by atoms with E-state index in [-0.39, 0.29) is 5.91 Å². The van der Waals surface area contributed by atoms with E-state index in [1.807, 2.05) is 41.8 Å². The van der Waals surface area contributed by atoms with Crippen molar-refractivity contribution in [2.24, 2.45) is 5.10 Å². The summed E-state index contributed by atoms with van der Waals surface area (Å²) in [4.78, 5) is 13.2. The average molecular weight is 375 g/mol. The van der Waals surface area contributed by atoms with E-state index >= 15 is 0 Å². The summed E-state index contributed by atoms with van der Waals surface area (Å²) >= 11 is 4.96. The summed E-state index contributed by atoms with van der Waals surface area (Å²) < 4.78 is 0.913. The van der Waals surface area contributed by atoms with Crippen LogP contribution in [-0.2, 0) is 0 Å². The summed E-state index contributed by atoms with van der Waals surface area (Å²) in [5.74, 6) is -0.305. The third-order valence-corrected chi connectivity index (χ3v) is 4.54. The zero-order chi connectivity index (χ0) is 15.4. The molecule has 3 rings (SSSR count). The molecule has 1 aromatic carbocycles. The van der Waals surface area contributed by atoms with Crippen molar-refractivity contribution in [2.45, 2.75) is 0 Å². The highest BCUT2D eigenvalue weighted by molar-refractivity contribution is 9.10. The monoisotopic (exact) mass is 374 g/mol. The molecule has 0 radical (unpaired) electrons. The molecule has 22 heavy (non-hydrogen) atoms. The number of halogens is 1. The minimum atomic E-state index is -0.305. The van der Waals surface area contributed by atoms with Gasteiger partial charge in [0.2, 0.25) is 0 Å². The van der Waals surface area contributed by atoms with Crippen molar-refractivity contribution < 1.29 is 4.79 Å². The van der Waals surface area contributed by atoms with E-state index in [1.165, 1.54) is 17.5 Å². The van der Waals surface area contributed by atoms with Gasteiger partial charge in [-0.25, -0.2) is 5.43 Å². The van der Waals surface area contributed by atoms with Crippen molar-refractivity contribution in [1.29, 1.82) is 0 Å². The minimum absolute atomic E-state index is 0.305. The molecule has 2 aromatic heterocycles. The van der Waals surface area contributed by atoms with E-state index in [2.05, 4.69) is 36.7 Å². The first-order valence-corrected chi connectivity index (χ1v) is 8.08. The number of hydrogen-bond acceptors (Lipinski definition) is 4. The zero-order valence-electron chi connectivity index (χ0n) is 11.3. The van der Waals surface area contributed by atoms with Crippen LogP contribution in [0.2, 0.25) is 0 Å². The molecule has 0 aliphatic rings. The van der Waals surface area contributed by atoms with Gasteiger partial charge in [0.25, 0.3) is 5.91 Å². The third kappa shape index (κ3) is 3.15. The molecule has 0 saturated carbocycles. The van der Waals surface area contributed by atoms with Crippen LogP contribution >= 0.6 is 27.3 Å². The van der Waals surface area contributed by atoms with Crippen LogP contribution in [0.1, 0.15) is 15.9 Å². The second kappa shape index (κ2) is 6.67. The smallest absolute Gasteiger partial charge is 0.275 e. The van der Waals surface area contributed by atoms with Gasteiger partial charge in [-0.15, -0.1) is 11.3 Å². The number of nitrogens with zero attached hydrogens (tertiary/aromatic N) is 2. The van der Waals surface area contributed by atoms with Crippen molar-refractivity contribution in [3.05, 3.63) is 63.6 Å². The minimum Gasteiger partial charge on any atom is -0.276 e. The number of benzene rings is 1. The molecular formula is C15H11BrN4OS. The van der Waals surface area contributed by atoms with Gasteiger partial charge < -0.3 is 0 Å². The normalized spacial score (nSPS) is 11.0. The summed E-state index contributed by atoms with van der Waals surface area (Å²) in [5.41, 5.74) is 4.56. The molecular weight excluding hydrogens is 364 g/mol. The molecule has 0 aliphatic heterocycles. The maximum absolute atomic E-state index is 12.2. The van der Waals surface area contributed by atoms with E-state index in [0.29, 0.717) is 11.3 Å². The third-order valence-electron chi connectivity index (χ3n) is 2.93. The Hall–Kier alpha value is -2.25.